The van der Waals surface area contributed by atoms with Gasteiger partial charge in [0.1, 0.15) is 5.56 Å². The van der Waals surface area contributed by atoms with Crippen molar-refractivity contribution in [1.29, 1.82) is 0 Å². The SMILES string of the molecule is CCOC(=O)c1c(SC)n(C(C)COCc2ccccc2)c2c(F)c(F)c(F)cc2c1=O. The third-order valence-electron chi connectivity index (χ3n) is 4.87. The Morgan fingerprint density at radius 3 is 2.47 bits per heavy atom. The van der Waals surface area contributed by atoms with Crippen LogP contribution in [0.15, 0.2) is 46.2 Å². The summed E-state index contributed by atoms with van der Waals surface area (Å²) in [5, 5.41) is -0.362. The molecule has 0 fully saturated rings. The number of hydrogen-bond donors (Lipinski definition) is 0. The van der Waals surface area contributed by atoms with Crippen molar-refractivity contribution in [3.8, 4) is 0 Å². The average molecular weight is 465 g/mol. The number of ether oxygens (including phenoxy) is 2. The number of carbonyl (C=O) groups excluding carboxylic acids is 1. The van der Waals surface area contributed by atoms with Crippen molar-refractivity contribution < 1.29 is 27.4 Å². The molecular formula is C23H22F3NO4S. The first-order valence-corrected chi connectivity index (χ1v) is 11.1. The zero-order valence-corrected chi connectivity index (χ0v) is 18.6. The summed E-state index contributed by atoms with van der Waals surface area (Å²) in [5.41, 5.74) is -0.787. The van der Waals surface area contributed by atoms with Gasteiger partial charge in [-0.25, -0.2) is 18.0 Å². The van der Waals surface area contributed by atoms with Crippen LogP contribution in [0.25, 0.3) is 10.9 Å². The van der Waals surface area contributed by atoms with Crippen LogP contribution in [0, 0.1) is 17.5 Å². The fourth-order valence-corrected chi connectivity index (χ4v) is 4.30. The zero-order chi connectivity index (χ0) is 23.4. The first-order chi connectivity index (χ1) is 15.3. The minimum absolute atomic E-state index is 0.00596. The second kappa shape index (κ2) is 10.2. The molecule has 0 spiro atoms. The van der Waals surface area contributed by atoms with Gasteiger partial charge >= 0.3 is 5.97 Å². The van der Waals surface area contributed by atoms with E-state index in [2.05, 4.69) is 0 Å². The van der Waals surface area contributed by atoms with E-state index in [9.17, 15) is 22.8 Å². The molecule has 0 bridgehead atoms. The molecule has 1 heterocycles. The Hall–Kier alpha value is -2.78. The summed E-state index contributed by atoms with van der Waals surface area (Å²) in [7, 11) is 0. The average Bonchev–Trinajstić information content (AvgIpc) is 2.78. The summed E-state index contributed by atoms with van der Waals surface area (Å²) in [5.74, 6) is -5.63. The number of fused-ring (bicyclic) bond motifs is 1. The zero-order valence-electron chi connectivity index (χ0n) is 17.8. The van der Waals surface area contributed by atoms with E-state index in [0.717, 1.165) is 17.3 Å². The molecule has 1 aromatic heterocycles. The highest BCUT2D eigenvalue weighted by molar-refractivity contribution is 7.98. The normalized spacial score (nSPS) is 12.2. The van der Waals surface area contributed by atoms with Gasteiger partial charge in [-0.2, -0.15) is 0 Å². The Labute approximate surface area is 187 Å². The lowest BCUT2D eigenvalue weighted by atomic mass is 10.1. The van der Waals surface area contributed by atoms with Gasteiger partial charge in [0.2, 0.25) is 5.43 Å². The molecule has 0 radical (unpaired) electrons. The van der Waals surface area contributed by atoms with Gasteiger partial charge in [0.25, 0.3) is 0 Å². The molecule has 1 unspecified atom stereocenters. The van der Waals surface area contributed by atoms with Crippen LogP contribution in [0.3, 0.4) is 0 Å². The van der Waals surface area contributed by atoms with E-state index in [1.807, 2.05) is 30.3 Å². The number of hydrogen-bond acceptors (Lipinski definition) is 5. The summed E-state index contributed by atoms with van der Waals surface area (Å²) < 4.78 is 55.0. The summed E-state index contributed by atoms with van der Waals surface area (Å²) in [6.45, 7) is 3.58. The van der Waals surface area contributed by atoms with Crippen molar-refractivity contribution in [2.45, 2.75) is 31.5 Å². The second-order valence-corrected chi connectivity index (χ2v) is 7.83. The van der Waals surface area contributed by atoms with Gasteiger partial charge in [0.05, 0.1) is 41.8 Å². The predicted octanol–water partition coefficient (Wildman–Crippen LogP) is 5.10. The van der Waals surface area contributed by atoms with Crippen molar-refractivity contribution in [3.63, 3.8) is 0 Å². The standard InChI is InChI=1S/C23H22F3NO4S/c1-4-31-23(29)17-21(28)15-10-16(24)18(25)19(26)20(15)27(22(17)32-3)13(2)11-30-12-14-8-6-5-7-9-14/h5-10,13H,4,11-12H2,1-3H3. The quantitative estimate of drug-likeness (QED) is 0.263. The number of nitrogens with zero attached hydrogens (tertiary/aromatic N) is 1. The molecule has 5 nitrogen and oxygen atoms in total. The molecule has 0 amide bonds. The lowest BCUT2D eigenvalue weighted by Crippen LogP contribution is -2.27. The van der Waals surface area contributed by atoms with Crippen LogP contribution in [0.4, 0.5) is 13.2 Å². The van der Waals surface area contributed by atoms with Gasteiger partial charge in [0.15, 0.2) is 17.5 Å². The summed E-state index contributed by atoms with van der Waals surface area (Å²) >= 11 is 1.01. The van der Waals surface area contributed by atoms with E-state index in [1.54, 1.807) is 20.1 Å². The maximum atomic E-state index is 14.9. The Morgan fingerprint density at radius 2 is 1.84 bits per heavy atom. The highest BCUT2D eigenvalue weighted by Gasteiger charge is 2.29. The van der Waals surface area contributed by atoms with Crippen LogP contribution in [0.1, 0.15) is 35.8 Å². The van der Waals surface area contributed by atoms with Crippen LogP contribution >= 0.6 is 11.8 Å². The van der Waals surface area contributed by atoms with E-state index in [4.69, 9.17) is 9.47 Å². The smallest absolute Gasteiger partial charge is 0.344 e. The molecule has 0 aliphatic heterocycles. The fourth-order valence-electron chi connectivity index (χ4n) is 3.45. The topological polar surface area (TPSA) is 57.5 Å². The Morgan fingerprint density at radius 1 is 1.16 bits per heavy atom. The molecule has 0 aliphatic rings. The van der Waals surface area contributed by atoms with Crippen LogP contribution in [-0.4, -0.2) is 30.0 Å². The lowest BCUT2D eigenvalue weighted by molar-refractivity contribution is 0.0516. The predicted molar refractivity (Wildman–Crippen MR) is 117 cm³/mol. The third kappa shape index (κ3) is 4.54. The summed E-state index contributed by atoms with van der Waals surface area (Å²) in [6.07, 6.45) is 1.59. The first-order valence-electron chi connectivity index (χ1n) is 9.90. The monoisotopic (exact) mass is 465 g/mol. The Kier molecular flexibility index (Phi) is 7.63. The first kappa shape index (κ1) is 23.9. The molecule has 0 aliphatic carbocycles. The summed E-state index contributed by atoms with van der Waals surface area (Å²) in [6, 6.07) is 9.33. The molecule has 2 aromatic carbocycles. The van der Waals surface area contributed by atoms with Gasteiger partial charge < -0.3 is 14.0 Å². The Balaban J connectivity index is 2.17. The van der Waals surface area contributed by atoms with Crippen molar-refractivity contribution in [3.05, 3.63) is 75.2 Å². The van der Waals surface area contributed by atoms with Crippen molar-refractivity contribution in [1.82, 2.24) is 4.57 Å². The number of rotatable bonds is 8. The van der Waals surface area contributed by atoms with E-state index in [-0.39, 0.29) is 30.4 Å². The number of pyridine rings is 1. The minimum atomic E-state index is -1.70. The highest BCUT2D eigenvalue weighted by atomic mass is 32.2. The number of carbonyl (C=O) groups is 1. The highest BCUT2D eigenvalue weighted by Crippen LogP contribution is 2.31. The van der Waals surface area contributed by atoms with Gasteiger partial charge in [-0.15, -0.1) is 11.8 Å². The van der Waals surface area contributed by atoms with E-state index < -0.39 is 45.8 Å². The number of benzene rings is 2. The summed E-state index contributed by atoms with van der Waals surface area (Å²) in [4.78, 5) is 25.6. The van der Waals surface area contributed by atoms with Gasteiger partial charge in [0, 0.05) is 0 Å². The van der Waals surface area contributed by atoms with Crippen LogP contribution in [-0.2, 0) is 16.1 Å². The molecular weight excluding hydrogens is 443 g/mol. The second-order valence-electron chi connectivity index (χ2n) is 7.04. The van der Waals surface area contributed by atoms with E-state index >= 15 is 0 Å². The van der Waals surface area contributed by atoms with Crippen molar-refractivity contribution >= 4 is 28.6 Å². The van der Waals surface area contributed by atoms with E-state index in [0.29, 0.717) is 6.07 Å². The number of halogens is 3. The van der Waals surface area contributed by atoms with Crippen LogP contribution < -0.4 is 5.43 Å². The number of aromatic nitrogens is 1. The molecule has 32 heavy (non-hydrogen) atoms. The molecule has 3 aromatic rings. The molecule has 0 saturated heterocycles. The van der Waals surface area contributed by atoms with Gasteiger partial charge in [-0.3, -0.25) is 4.79 Å². The van der Waals surface area contributed by atoms with Gasteiger partial charge in [-0.1, -0.05) is 30.3 Å². The molecule has 1 atom stereocenters. The lowest BCUT2D eigenvalue weighted by Gasteiger charge is -2.24. The van der Waals surface area contributed by atoms with Crippen molar-refractivity contribution in [2.24, 2.45) is 0 Å². The van der Waals surface area contributed by atoms with Crippen LogP contribution in [0.2, 0.25) is 0 Å². The molecule has 0 N–H and O–H groups in total. The largest absolute Gasteiger partial charge is 0.462 e. The van der Waals surface area contributed by atoms with Crippen molar-refractivity contribution in [2.75, 3.05) is 19.5 Å². The molecule has 3 rings (SSSR count). The van der Waals surface area contributed by atoms with Crippen LogP contribution in [0.5, 0.6) is 0 Å². The molecule has 170 valence electrons. The van der Waals surface area contributed by atoms with Gasteiger partial charge in [-0.05, 0) is 31.7 Å². The maximum Gasteiger partial charge on any atom is 0.344 e. The number of thioether (sulfide) groups is 1. The van der Waals surface area contributed by atoms with E-state index in [1.165, 1.54) is 4.57 Å². The minimum Gasteiger partial charge on any atom is -0.462 e. The maximum absolute atomic E-state index is 14.9. The third-order valence-corrected chi connectivity index (χ3v) is 5.65. The molecule has 9 heteroatoms. The fraction of sp³-hybridized carbons (Fsp3) is 0.304. The molecule has 0 saturated carbocycles. The Bertz CT molecular complexity index is 1200. The number of esters is 1.